The van der Waals surface area contributed by atoms with Crippen LogP contribution in [0.15, 0.2) is 0 Å². The third kappa shape index (κ3) is 3.19. The van der Waals surface area contributed by atoms with Gasteiger partial charge in [0.2, 0.25) is 0 Å². The van der Waals surface area contributed by atoms with Crippen LogP contribution in [-0.2, 0) is 9.53 Å². The van der Waals surface area contributed by atoms with E-state index in [1.807, 2.05) is 0 Å². The third-order valence-electron chi connectivity index (χ3n) is 3.58. The number of carbonyl (C=O) groups excluding carboxylic acids is 1. The second-order valence-electron chi connectivity index (χ2n) is 4.98. The maximum Gasteiger partial charge on any atom is 0.323 e. The lowest BCUT2D eigenvalue weighted by molar-refractivity contribution is -0.147. The molecule has 0 aromatic carbocycles. The number of hydrogen-bond acceptors (Lipinski definition) is 4. The van der Waals surface area contributed by atoms with Crippen LogP contribution in [0.3, 0.4) is 0 Å². The van der Waals surface area contributed by atoms with Gasteiger partial charge in [0.1, 0.15) is 6.04 Å². The van der Waals surface area contributed by atoms with Crippen molar-refractivity contribution < 1.29 is 14.6 Å². The molecule has 1 saturated heterocycles. The molecule has 0 aromatic rings. The molecule has 92 valence electrons. The van der Waals surface area contributed by atoms with Crippen LogP contribution in [0.1, 0.15) is 38.5 Å². The van der Waals surface area contributed by atoms with Crippen LogP contribution in [0, 0.1) is 5.92 Å². The van der Waals surface area contributed by atoms with Gasteiger partial charge >= 0.3 is 5.97 Å². The van der Waals surface area contributed by atoms with Crippen molar-refractivity contribution in [3.63, 3.8) is 0 Å². The molecule has 2 rings (SSSR count). The quantitative estimate of drug-likeness (QED) is 0.701. The highest BCUT2D eigenvalue weighted by molar-refractivity contribution is 5.76. The maximum absolute atomic E-state index is 11.6. The molecule has 2 fully saturated rings. The summed E-state index contributed by atoms with van der Waals surface area (Å²) in [6.07, 6.45) is 6.32. The van der Waals surface area contributed by atoms with E-state index in [1.54, 1.807) is 0 Å². The second kappa shape index (κ2) is 5.64. The van der Waals surface area contributed by atoms with Gasteiger partial charge in [-0.15, -0.1) is 0 Å². The summed E-state index contributed by atoms with van der Waals surface area (Å²) in [6.45, 7) is 1.07. The Balaban J connectivity index is 1.67. The van der Waals surface area contributed by atoms with Gasteiger partial charge in [0.25, 0.3) is 0 Å². The SMILES string of the molecule is O=C(OCC1CCCCC1)[C@@H]1C[C@H](O)CN1. The van der Waals surface area contributed by atoms with E-state index < -0.39 is 6.10 Å². The van der Waals surface area contributed by atoms with E-state index >= 15 is 0 Å². The average molecular weight is 227 g/mol. The van der Waals surface area contributed by atoms with E-state index in [9.17, 15) is 9.90 Å². The predicted molar refractivity (Wildman–Crippen MR) is 59.9 cm³/mol. The highest BCUT2D eigenvalue weighted by atomic mass is 16.5. The molecular weight excluding hydrogens is 206 g/mol. The Bertz CT molecular complexity index is 238. The van der Waals surface area contributed by atoms with Crippen LogP contribution in [0.5, 0.6) is 0 Å². The summed E-state index contributed by atoms with van der Waals surface area (Å²) in [6, 6.07) is -0.293. The Hall–Kier alpha value is -0.610. The summed E-state index contributed by atoms with van der Waals surface area (Å²) >= 11 is 0. The van der Waals surface area contributed by atoms with Gasteiger partial charge in [-0.25, -0.2) is 0 Å². The fourth-order valence-corrected chi connectivity index (χ4v) is 2.55. The monoisotopic (exact) mass is 227 g/mol. The lowest BCUT2D eigenvalue weighted by atomic mass is 9.90. The summed E-state index contributed by atoms with van der Waals surface area (Å²) in [5, 5.41) is 12.3. The van der Waals surface area contributed by atoms with E-state index in [2.05, 4.69) is 5.32 Å². The summed E-state index contributed by atoms with van der Waals surface area (Å²) < 4.78 is 5.30. The van der Waals surface area contributed by atoms with Crippen molar-refractivity contribution in [3.8, 4) is 0 Å². The number of β-amino-alcohol motifs (C(OH)–C–C–N with tert-alkyl or cyclic N) is 1. The largest absolute Gasteiger partial charge is 0.464 e. The number of carbonyl (C=O) groups is 1. The molecule has 1 aliphatic carbocycles. The summed E-state index contributed by atoms with van der Waals surface area (Å²) in [5.74, 6) is 0.367. The van der Waals surface area contributed by atoms with Gasteiger partial charge in [0, 0.05) is 13.0 Å². The van der Waals surface area contributed by atoms with Crippen LogP contribution >= 0.6 is 0 Å². The lowest BCUT2D eigenvalue weighted by Gasteiger charge is -2.21. The fourth-order valence-electron chi connectivity index (χ4n) is 2.55. The van der Waals surface area contributed by atoms with Gasteiger partial charge in [-0.3, -0.25) is 4.79 Å². The van der Waals surface area contributed by atoms with E-state index in [0.717, 1.165) is 0 Å². The van der Waals surface area contributed by atoms with Crippen LogP contribution in [0.25, 0.3) is 0 Å². The zero-order valence-electron chi connectivity index (χ0n) is 9.65. The highest BCUT2D eigenvalue weighted by Crippen LogP contribution is 2.24. The Morgan fingerprint density at radius 1 is 1.31 bits per heavy atom. The van der Waals surface area contributed by atoms with Crippen molar-refractivity contribution in [2.75, 3.05) is 13.2 Å². The molecule has 1 aliphatic heterocycles. The molecule has 4 nitrogen and oxygen atoms in total. The van der Waals surface area contributed by atoms with Gasteiger partial charge in [-0.05, 0) is 18.8 Å². The van der Waals surface area contributed by atoms with E-state index in [0.29, 0.717) is 25.5 Å². The molecule has 1 saturated carbocycles. The molecule has 0 amide bonds. The molecule has 0 radical (unpaired) electrons. The minimum absolute atomic E-state index is 0.192. The van der Waals surface area contributed by atoms with E-state index in [1.165, 1.54) is 32.1 Å². The van der Waals surface area contributed by atoms with Crippen molar-refractivity contribution in [2.24, 2.45) is 5.92 Å². The molecule has 4 heteroatoms. The number of ether oxygens (including phenoxy) is 1. The number of esters is 1. The number of rotatable bonds is 3. The molecule has 0 unspecified atom stereocenters. The van der Waals surface area contributed by atoms with E-state index in [4.69, 9.17) is 4.74 Å². The van der Waals surface area contributed by atoms with Gasteiger partial charge in [-0.2, -0.15) is 0 Å². The van der Waals surface area contributed by atoms with Crippen molar-refractivity contribution in [2.45, 2.75) is 50.7 Å². The second-order valence-corrected chi connectivity index (χ2v) is 4.98. The van der Waals surface area contributed by atoms with Crippen LogP contribution in [0.2, 0.25) is 0 Å². The molecule has 2 N–H and O–H groups in total. The third-order valence-corrected chi connectivity index (χ3v) is 3.58. The van der Waals surface area contributed by atoms with Crippen molar-refractivity contribution >= 4 is 5.97 Å². The van der Waals surface area contributed by atoms with Gasteiger partial charge in [-0.1, -0.05) is 19.3 Å². The predicted octanol–water partition coefficient (Wildman–Crippen LogP) is 0.833. The zero-order chi connectivity index (χ0) is 11.4. The average Bonchev–Trinajstić information content (AvgIpc) is 2.74. The minimum atomic E-state index is -0.396. The summed E-state index contributed by atoms with van der Waals surface area (Å²) in [4.78, 5) is 11.6. The maximum atomic E-state index is 11.6. The van der Waals surface area contributed by atoms with Crippen LogP contribution < -0.4 is 5.32 Å². The molecule has 0 aromatic heterocycles. The minimum Gasteiger partial charge on any atom is -0.464 e. The molecular formula is C12H21NO3. The first kappa shape index (κ1) is 11.9. The Morgan fingerprint density at radius 3 is 2.69 bits per heavy atom. The Kier molecular flexibility index (Phi) is 4.18. The zero-order valence-corrected chi connectivity index (χ0v) is 9.65. The first-order valence-corrected chi connectivity index (χ1v) is 6.34. The van der Waals surface area contributed by atoms with Crippen molar-refractivity contribution in [3.05, 3.63) is 0 Å². The molecule has 16 heavy (non-hydrogen) atoms. The lowest BCUT2D eigenvalue weighted by Crippen LogP contribution is -2.33. The Labute approximate surface area is 96.4 Å². The topological polar surface area (TPSA) is 58.6 Å². The number of aliphatic hydroxyl groups excluding tert-OH is 1. The number of hydrogen-bond donors (Lipinski definition) is 2. The summed E-state index contributed by atoms with van der Waals surface area (Å²) in [5.41, 5.74) is 0. The normalized spacial score (nSPS) is 31.6. The smallest absolute Gasteiger partial charge is 0.323 e. The first-order valence-electron chi connectivity index (χ1n) is 6.34. The first-order chi connectivity index (χ1) is 7.75. The number of aliphatic hydroxyl groups is 1. The van der Waals surface area contributed by atoms with E-state index in [-0.39, 0.29) is 12.0 Å². The molecule has 1 heterocycles. The van der Waals surface area contributed by atoms with Gasteiger partial charge in [0.15, 0.2) is 0 Å². The van der Waals surface area contributed by atoms with Crippen LogP contribution in [0.4, 0.5) is 0 Å². The summed E-state index contributed by atoms with van der Waals surface area (Å²) in [7, 11) is 0. The van der Waals surface area contributed by atoms with Gasteiger partial charge in [0.05, 0.1) is 12.7 Å². The highest BCUT2D eigenvalue weighted by Gasteiger charge is 2.29. The fraction of sp³-hybridized carbons (Fsp3) is 0.917. The number of nitrogens with one attached hydrogen (secondary N) is 1. The molecule has 2 atom stereocenters. The van der Waals surface area contributed by atoms with Gasteiger partial charge < -0.3 is 15.2 Å². The molecule has 0 bridgehead atoms. The van der Waals surface area contributed by atoms with Crippen molar-refractivity contribution in [1.29, 1.82) is 0 Å². The molecule has 0 spiro atoms. The van der Waals surface area contributed by atoms with Crippen LogP contribution in [-0.4, -0.2) is 36.4 Å². The Morgan fingerprint density at radius 2 is 2.06 bits per heavy atom. The molecule has 2 aliphatic rings. The standard InChI is InChI=1S/C12H21NO3/c14-10-6-11(13-7-10)12(15)16-8-9-4-2-1-3-5-9/h9-11,13-14H,1-8H2/t10-,11-/m0/s1. The van der Waals surface area contributed by atoms with Crippen molar-refractivity contribution in [1.82, 2.24) is 5.32 Å².